The molecule has 0 unspecified atom stereocenters. The van der Waals surface area contributed by atoms with Crippen molar-refractivity contribution in [3.05, 3.63) is 58.9 Å². The van der Waals surface area contributed by atoms with Crippen LogP contribution in [0.15, 0.2) is 36.4 Å². The highest BCUT2D eigenvalue weighted by atomic mass is 32.1. The summed E-state index contributed by atoms with van der Waals surface area (Å²) in [7, 11) is 0. The van der Waals surface area contributed by atoms with Gasteiger partial charge in [-0.3, -0.25) is 9.69 Å². The molecule has 2 aromatic carbocycles. The van der Waals surface area contributed by atoms with Crippen LogP contribution < -0.4 is 4.74 Å². The third-order valence-electron chi connectivity index (χ3n) is 5.68. The SMILES string of the molecule is [C-]#[N+]c1cc(-c2nc(-c3cccc(CN4CC(C(=O)O)C4)c3CC)ns2)ccc1OC(C)C. The molecule has 1 N–H and O–H groups in total. The Kier molecular flexibility index (Phi) is 6.72. The van der Waals surface area contributed by atoms with Gasteiger partial charge in [0.15, 0.2) is 5.82 Å². The lowest BCUT2D eigenvalue weighted by Crippen LogP contribution is -2.49. The average molecular weight is 463 g/mol. The van der Waals surface area contributed by atoms with Crippen molar-refractivity contribution >= 4 is 23.2 Å². The number of benzene rings is 2. The number of ether oxygens (including phenoxy) is 1. The summed E-state index contributed by atoms with van der Waals surface area (Å²) in [4.78, 5) is 21.7. The van der Waals surface area contributed by atoms with Crippen molar-refractivity contribution in [1.29, 1.82) is 0 Å². The number of carbonyl (C=O) groups is 1. The highest BCUT2D eigenvalue weighted by Gasteiger charge is 2.32. The van der Waals surface area contributed by atoms with Gasteiger partial charge in [-0.05, 0) is 55.1 Å². The van der Waals surface area contributed by atoms with Crippen molar-refractivity contribution in [3.8, 4) is 27.7 Å². The molecule has 1 saturated heterocycles. The molecule has 1 aliphatic rings. The lowest BCUT2D eigenvalue weighted by atomic mass is 9.95. The van der Waals surface area contributed by atoms with Crippen molar-refractivity contribution < 1.29 is 14.6 Å². The molecule has 0 radical (unpaired) electrons. The van der Waals surface area contributed by atoms with Crippen molar-refractivity contribution in [2.24, 2.45) is 5.92 Å². The lowest BCUT2D eigenvalue weighted by Gasteiger charge is -2.37. The van der Waals surface area contributed by atoms with E-state index in [0.717, 1.165) is 29.1 Å². The number of aromatic nitrogens is 2. The standard InChI is InChI=1S/C25H26N4O3S/c1-5-19-17(12-29-13-18(14-29)25(30)31)7-6-8-20(19)23-27-24(33-28-23)16-9-10-22(32-15(2)3)21(11-16)26-4/h6-11,15,18H,5,12-14H2,1-3H3,(H,30,31). The molecule has 7 nitrogen and oxygen atoms in total. The first-order valence-corrected chi connectivity index (χ1v) is 11.8. The molecule has 3 aromatic rings. The molecule has 8 heteroatoms. The van der Waals surface area contributed by atoms with Crippen molar-refractivity contribution in [2.75, 3.05) is 13.1 Å². The summed E-state index contributed by atoms with van der Waals surface area (Å²) in [5.41, 5.74) is 4.67. The Morgan fingerprint density at radius 2 is 2.12 bits per heavy atom. The fourth-order valence-corrected chi connectivity index (χ4v) is 4.72. The average Bonchev–Trinajstić information content (AvgIpc) is 3.25. The molecular weight excluding hydrogens is 436 g/mol. The van der Waals surface area contributed by atoms with Crippen LogP contribution in [-0.2, 0) is 17.8 Å². The highest BCUT2D eigenvalue weighted by molar-refractivity contribution is 7.09. The largest absolute Gasteiger partial charge is 0.502 e. The van der Waals surface area contributed by atoms with Crippen LogP contribution in [0.5, 0.6) is 5.75 Å². The molecule has 0 atom stereocenters. The zero-order chi connectivity index (χ0) is 23.5. The number of likely N-dealkylation sites (tertiary alicyclic amines) is 1. The number of carboxylic acids is 1. The molecule has 0 bridgehead atoms. The van der Waals surface area contributed by atoms with Crippen LogP contribution in [0, 0.1) is 12.5 Å². The molecule has 0 saturated carbocycles. The van der Waals surface area contributed by atoms with Crippen LogP contribution >= 0.6 is 11.5 Å². The third kappa shape index (κ3) is 4.90. The van der Waals surface area contributed by atoms with Gasteiger partial charge in [0.2, 0.25) is 5.69 Å². The van der Waals surface area contributed by atoms with Gasteiger partial charge in [0.05, 0.1) is 18.6 Å². The first-order chi connectivity index (χ1) is 15.9. The smallest absolute Gasteiger partial charge is 0.309 e. The molecule has 2 heterocycles. The van der Waals surface area contributed by atoms with E-state index >= 15 is 0 Å². The molecule has 1 aromatic heterocycles. The number of hydrogen-bond acceptors (Lipinski definition) is 6. The Bertz CT molecular complexity index is 1210. The van der Waals surface area contributed by atoms with E-state index in [1.54, 1.807) is 6.07 Å². The minimum atomic E-state index is -0.722. The van der Waals surface area contributed by atoms with Crippen LogP contribution in [0.1, 0.15) is 31.9 Å². The maximum Gasteiger partial charge on any atom is 0.309 e. The predicted octanol–water partition coefficient (Wildman–Crippen LogP) is 5.29. The summed E-state index contributed by atoms with van der Waals surface area (Å²) in [5, 5.41) is 9.88. The number of rotatable bonds is 8. The summed E-state index contributed by atoms with van der Waals surface area (Å²) in [6, 6.07) is 11.7. The monoisotopic (exact) mass is 462 g/mol. The second-order valence-corrected chi connectivity index (χ2v) is 9.16. The normalized spacial score (nSPS) is 14.2. The second-order valence-electron chi connectivity index (χ2n) is 8.41. The summed E-state index contributed by atoms with van der Waals surface area (Å²) < 4.78 is 10.3. The lowest BCUT2D eigenvalue weighted by molar-refractivity contribution is -0.147. The molecule has 33 heavy (non-hydrogen) atoms. The van der Waals surface area contributed by atoms with Crippen LogP contribution in [0.25, 0.3) is 26.8 Å². The van der Waals surface area contributed by atoms with E-state index in [4.69, 9.17) is 21.4 Å². The number of nitrogens with zero attached hydrogens (tertiary/aromatic N) is 4. The van der Waals surface area contributed by atoms with Crippen molar-refractivity contribution in [3.63, 3.8) is 0 Å². The van der Waals surface area contributed by atoms with Crippen molar-refractivity contribution in [1.82, 2.24) is 14.3 Å². The van der Waals surface area contributed by atoms with Gasteiger partial charge < -0.3 is 9.84 Å². The predicted molar refractivity (Wildman–Crippen MR) is 129 cm³/mol. The quantitative estimate of drug-likeness (QED) is 0.458. The Balaban J connectivity index is 1.59. The van der Waals surface area contributed by atoms with Gasteiger partial charge in [0.1, 0.15) is 10.8 Å². The first kappa shape index (κ1) is 22.9. The summed E-state index contributed by atoms with van der Waals surface area (Å²) >= 11 is 1.31. The van der Waals surface area contributed by atoms with E-state index < -0.39 is 5.97 Å². The topological polar surface area (TPSA) is 79.9 Å². The van der Waals surface area contributed by atoms with Gasteiger partial charge in [-0.25, -0.2) is 9.83 Å². The Morgan fingerprint density at radius 1 is 1.33 bits per heavy atom. The molecular formula is C25H26N4O3S. The zero-order valence-electron chi connectivity index (χ0n) is 18.9. The molecule has 0 spiro atoms. The fourth-order valence-electron chi connectivity index (χ4n) is 4.05. The van der Waals surface area contributed by atoms with Gasteiger partial charge in [0, 0.05) is 30.8 Å². The van der Waals surface area contributed by atoms with E-state index in [1.807, 2.05) is 38.1 Å². The first-order valence-electron chi connectivity index (χ1n) is 11.0. The van der Waals surface area contributed by atoms with E-state index in [2.05, 4.69) is 27.1 Å². The van der Waals surface area contributed by atoms with Gasteiger partial charge in [-0.2, -0.15) is 4.37 Å². The second kappa shape index (κ2) is 9.69. The van der Waals surface area contributed by atoms with Gasteiger partial charge >= 0.3 is 5.97 Å². The summed E-state index contributed by atoms with van der Waals surface area (Å²) in [6.07, 6.45) is 0.829. The van der Waals surface area contributed by atoms with E-state index in [1.165, 1.54) is 22.7 Å². The number of carboxylic acid groups (broad SMARTS) is 1. The highest BCUT2D eigenvalue weighted by Crippen LogP contribution is 2.36. The Morgan fingerprint density at radius 3 is 2.79 bits per heavy atom. The zero-order valence-corrected chi connectivity index (χ0v) is 19.7. The van der Waals surface area contributed by atoms with Crippen LogP contribution in [0.2, 0.25) is 0 Å². The molecule has 170 valence electrons. The van der Waals surface area contributed by atoms with E-state index in [9.17, 15) is 4.79 Å². The number of aliphatic carboxylic acids is 1. The van der Waals surface area contributed by atoms with Crippen LogP contribution in [0.3, 0.4) is 0 Å². The third-order valence-corrected chi connectivity index (χ3v) is 6.45. The Labute approximate surface area is 197 Å². The molecule has 0 amide bonds. The maximum absolute atomic E-state index is 11.1. The van der Waals surface area contributed by atoms with Crippen molar-refractivity contribution in [2.45, 2.75) is 39.8 Å². The molecule has 1 aliphatic heterocycles. The minimum absolute atomic E-state index is 0.00417. The fraction of sp³-hybridized carbons (Fsp3) is 0.360. The van der Waals surface area contributed by atoms with Gasteiger partial charge in [-0.1, -0.05) is 31.2 Å². The summed E-state index contributed by atoms with van der Waals surface area (Å²) in [5.74, 6) is 0.261. The van der Waals surface area contributed by atoms with E-state index in [0.29, 0.717) is 30.4 Å². The molecule has 4 rings (SSSR count). The summed E-state index contributed by atoms with van der Waals surface area (Å²) in [6.45, 7) is 15.4. The van der Waals surface area contributed by atoms with E-state index in [-0.39, 0.29) is 12.0 Å². The minimum Gasteiger partial charge on any atom is -0.502 e. The van der Waals surface area contributed by atoms with Crippen LogP contribution in [0.4, 0.5) is 5.69 Å². The van der Waals surface area contributed by atoms with Gasteiger partial charge in [0.25, 0.3) is 0 Å². The van der Waals surface area contributed by atoms with Gasteiger partial charge in [-0.15, -0.1) is 0 Å². The maximum atomic E-state index is 11.1. The number of hydrogen-bond donors (Lipinski definition) is 1. The van der Waals surface area contributed by atoms with Crippen LogP contribution in [-0.4, -0.2) is 44.5 Å². The molecule has 0 aliphatic carbocycles. The Hall–Kier alpha value is -3.28. The molecule has 1 fully saturated rings.